The zero-order valence-corrected chi connectivity index (χ0v) is 13.2. The van der Waals surface area contributed by atoms with Gasteiger partial charge in [0.15, 0.2) is 0 Å². The van der Waals surface area contributed by atoms with Gasteiger partial charge in [-0.3, -0.25) is 4.79 Å². The number of rotatable bonds is 4. The van der Waals surface area contributed by atoms with Crippen LogP contribution in [0.15, 0.2) is 23.8 Å². The highest BCUT2D eigenvalue weighted by Gasteiger charge is 2.30. The van der Waals surface area contributed by atoms with Crippen molar-refractivity contribution in [1.82, 2.24) is 0 Å². The Labute approximate surface area is 117 Å². The van der Waals surface area contributed by atoms with Gasteiger partial charge in [0, 0.05) is 5.92 Å². The fourth-order valence-corrected chi connectivity index (χ4v) is 2.61. The van der Waals surface area contributed by atoms with E-state index in [1.807, 2.05) is 26.8 Å². The summed E-state index contributed by atoms with van der Waals surface area (Å²) in [7, 11) is 0. The van der Waals surface area contributed by atoms with Gasteiger partial charge in [0.2, 0.25) is 0 Å². The highest BCUT2D eigenvalue weighted by atomic mass is 16.5. The summed E-state index contributed by atoms with van der Waals surface area (Å²) >= 11 is 0. The first kappa shape index (κ1) is 16.0. The summed E-state index contributed by atoms with van der Waals surface area (Å²) in [5.74, 6) is 0.248. The summed E-state index contributed by atoms with van der Waals surface area (Å²) in [5.41, 5.74) is 1.71. The van der Waals surface area contributed by atoms with Gasteiger partial charge < -0.3 is 4.74 Å². The van der Waals surface area contributed by atoms with Crippen LogP contribution in [0, 0.1) is 17.3 Å². The second kappa shape index (κ2) is 6.40. The average Bonchev–Trinajstić information content (AvgIpc) is 2.27. The predicted octanol–water partition coefficient (Wildman–Crippen LogP) is 4.51. The lowest BCUT2D eigenvalue weighted by Crippen LogP contribution is -2.26. The van der Waals surface area contributed by atoms with Crippen molar-refractivity contribution in [3.8, 4) is 0 Å². The molecule has 1 aliphatic carbocycles. The maximum absolute atomic E-state index is 11.5. The van der Waals surface area contributed by atoms with Crippen LogP contribution in [0.2, 0.25) is 0 Å². The molecule has 2 heteroatoms. The molecule has 0 saturated heterocycles. The Bertz CT molecular complexity index is 375. The maximum Gasteiger partial charge on any atom is 0.308 e. The molecule has 0 fully saturated rings. The molecule has 0 aliphatic heterocycles. The van der Waals surface area contributed by atoms with Gasteiger partial charge in [-0.15, -0.1) is 0 Å². The van der Waals surface area contributed by atoms with Crippen LogP contribution in [0.25, 0.3) is 0 Å². The normalized spacial score (nSPS) is 24.4. The number of allylic oxidation sites excluding steroid dienone is 3. The quantitative estimate of drug-likeness (QED) is 0.551. The first-order valence-corrected chi connectivity index (χ1v) is 7.29. The Hall–Kier alpha value is -1.05. The second-order valence-corrected chi connectivity index (χ2v) is 6.63. The summed E-state index contributed by atoms with van der Waals surface area (Å²) in [5, 5.41) is 0. The van der Waals surface area contributed by atoms with Crippen molar-refractivity contribution in [2.45, 2.75) is 60.5 Å². The Kier molecular flexibility index (Phi) is 5.39. The second-order valence-electron chi connectivity index (χ2n) is 6.63. The van der Waals surface area contributed by atoms with Gasteiger partial charge in [-0.1, -0.05) is 45.4 Å². The molecule has 0 aromatic rings. The molecule has 0 aromatic heterocycles. The molecular weight excluding hydrogens is 236 g/mol. The molecule has 0 N–H and O–H groups in total. The molecule has 0 bridgehead atoms. The van der Waals surface area contributed by atoms with Crippen molar-refractivity contribution in [3.63, 3.8) is 0 Å². The summed E-state index contributed by atoms with van der Waals surface area (Å²) in [6.45, 7) is 12.4. The van der Waals surface area contributed by atoms with E-state index in [2.05, 4.69) is 32.9 Å². The third-order valence-electron chi connectivity index (χ3n) is 3.94. The standard InChI is InChI=1S/C17H28O2/c1-12(2)16(18)19-14(4)9-10-15-13(3)8-7-11-17(15,5)6/h8-10,12,14-15H,7,11H2,1-6H3/b10-9+/t14-,15+/m1/s1. The molecule has 108 valence electrons. The molecule has 2 atom stereocenters. The Morgan fingerprint density at radius 1 is 1.42 bits per heavy atom. The van der Waals surface area contributed by atoms with E-state index >= 15 is 0 Å². The van der Waals surface area contributed by atoms with Gasteiger partial charge in [-0.2, -0.15) is 0 Å². The number of hydrogen-bond donors (Lipinski definition) is 0. The smallest absolute Gasteiger partial charge is 0.308 e. The minimum absolute atomic E-state index is 0.0661. The molecule has 0 radical (unpaired) electrons. The summed E-state index contributed by atoms with van der Waals surface area (Å²) < 4.78 is 5.36. The summed E-state index contributed by atoms with van der Waals surface area (Å²) in [6.07, 6.45) is 8.78. The number of hydrogen-bond acceptors (Lipinski definition) is 2. The van der Waals surface area contributed by atoms with Crippen molar-refractivity contribution >= 4 is 5.97 Å². The monoisotopic (exact) mass is 264 g/mol. The summed E-state index contributed by atoms with van der Waals surface area (Å²) in [4.78, 5) is 11.5. The van der Waals surface area contributed by atoms with Crippen LogP contribution < -0.4 is 0 Å². The van der Waals surface area contributed by atoms with Crippen LogP contribution >= 0.6 is 0 Å². The first-order valence-electron chi connectivity index (χ1n) is 7.29. The number of carbonyl (C=O) groups excluding carboxylic acids is 1. The SMILES string of the molecule is CC1=CCCC(C)(C)[C@H]1/C=C/[C@@H](C)OC(=O)C(C)C. The molecule has 1 aliphatic rings. The molecule has 0 heterocycles. The van der Waals surface area contributed by atoms with Crippen molar-refractivity contribution < 1.29 is 9.53 Å². The lowest BCUT2D eigenvalue weighted by atomic mass is 9.68. The number of esters is 1. The molecular formula is C17H28O2. The van der Waals surface area contributed by atoms with Gasteiger partial charge in [0.1, 0.15) is 6.10 Å². The lowest BCUT2D eigenvalue weighted by Gasteiger charge is -2.36. The van der Waals surface area contributed by atoms with Crippen LogP contribution in [-0.2, 0) is 9.53 Å². The van der Waals surface area contributed by atoms with Gasteiger partial charge >= 0.3 is 5.97 Å². The minimum atomic E-state index is -0.152. The van der Waals surface area contributed by atoms with Gasteiger partial charge in [0.05, 0.1) is 5.92 Å². The third kappa shape index (κ3) is 4.52. The summed E-state index contributed by atoms with van der Waals surface area (Å²) in [6, 6.07) is 0. The van der Waals surface area contributed by atoms with Crippen molar-refractivity contribution in [3.05, 3.63) is 23.8 Å². The third-order valence-corrected chi connectivity index (χ3v) is 3.94. The Morgan fingerprint density at radius 2 is 2.05 bits per heavy atom. The van der Waals surface area contributed by atoms with E-state index in [4.69, 9.17) is 4.74 Å². The van der Waals surface area contributed by atoms with Crippen LogP contribution in [-0.4, -0.2) is 12.1 Å². The molecule has 0 unspecified atom stereocenters. The maximum atomic E-state index is 11.5. The molecule has 19 heavy (non-hydrogen) atoms. The number of carbonyl (C=O) groups is 1. The fourth-order valence-electron chi connectivity index (χ4n) is 2.61. The zero-order valence-electron chi connectivity index (χ0n) is 13.2. The predicted molar refractivity (Wildman–Crippen MR) is 79.8 cm³/mol. The van der Waals surface area contributed by atoms with Crippen LogP contribution in [0.1, 0.15) is 54.4 Å². The van der Waals surface area contributed by atoms with Crippen molar-refractivity contribution in [2.75, 3.05) is 0 Å². The van der Waals surface area contributed by atoms with Gasteiger partial charge in [-0.25, -0.2) is 0 Å². The van der Waals surface area contributed by atoms with Gasteiger partial charge in [-0.05, 0) is 38.2 Å². The number of ether oxygens (including phenoxy) is 1. The van der Waals surface area contributed by atoms with Crippen LogP contribution in [0.3, 0.4) is 0 Å². The van der Waals surface area contributed by atoms with E-state index in [9.17, 15) is 4.79 Å². The minimum Gasteiger partial charge on any atom is -0.458 e. The van der Waals surface area contributed by atoms with Crippen LogP contribution in [0.5, 0.6) is 0 Å². The van der Waals surface area contributed by atoms with Crippen molar-refractivity contribution in [2.24, 2.45) is 17.3 Å². The first-order chi connectivity index (χ1) is 8.74. The largest absolute Gasteiger partial charge is 0.458 e. The topological polar surface area (TPSA) is 26.3 Å². The molecule has 0 aromatic carbocycles. The van der Waals surface area contributed by atoms with Gasteiger partial charge in [0.25, 0.3) is 0 Å². The molecule has 0 spiro atoms. The molecule has 1 rings (SSSR count). The molecule has 0 saturated carbocycles. The van der Waals surface area contributed by atoms with E-state index in [-0.39, 0.29) is 23.4 Å². The van der Waals surface area contributed by atoms with E-state index in [1.165, 1.54) is 18.4 Å². The molecule has 0 amide bonds. The highest BCUT2D eigenvalue weighted by Crippen LogP contribution is 2.41. The zero-order chi connectivity index (χ0) is 14.6. The van der Waals surface area contributed by atoms with E-state index in [0.29, 0.717) is 5.92 Å². The van der Waals surface area contributed by atoms with E-state index in [0.717, 1.165) is 0 Å². The Morgan fingerprint density at radius 3 is 2.58 bits per heavy atom. The van der Waals surface area contributed by atoms with Crippen molar-refractivity contribution in [1.29, 1.82) is 0 Å². The van der Waals surface area contributed by atoms with E-state index < -0.39 is 0 Å². The van der Waals surface area contributed by atoms with Crippen LogP contribution in [0.4, 0.5) is 0 Å². The fraction of sp³-hybridized carbons (Fsp3) is 0.706. The lowest BCUT2D eigenvalue weighted by molar-refractivity contribution is -0.149. The van der Waals surface area contributed by atoms with E-state index in [1.54, 1.807) is 0 Å². The average molecular weight is 264 g/mol. The molecule has 2 nitrogen and oxygen atoms in total. The Balaban J connectivity index is 2.67. The highest BCUT2D eigenvalue weighted by molar-refractivity contribution is 5.71.